The van der Waals surface area contributed by atoms with Crippen LogP contribution in [-0.2, 0) is 9.47 Å². The summed E-state index contributed by atoms with van der Waals surface area (Å²) in [5.41, 5.74) is 0. The van der Waals surface area contributed by atoms with Crippen molar-refractivity contribution in [2.24, 2.45) is 5.92 Å². The summed E-state index contributed by atoms with van der Waals surface area (Å²) in [6, 6.07) is 0. The molecule has 0 radical (unpaired) electrons. The molecule has 1 atom stereocenters. The molecule has 0 amide bonds. The van der Waals surface area contributed by atoms with Crippen LogP contribution in [0.2, 0.25) is 0 Å². The van der Waals surface area contributed by atoms with Gasteiger partial charge in [0.2, 0.25) is 0 Å². The first kappa shape index (κ1) is 14.9. The predicted molar refractivity (Wildman–Crippen MR) is 70.4 cm³/mol. The van der Waals surface area contributed by atoms with Crippen molar-refractivity contribution in [3.63, 3.8) is 0 Å². The number of ether oxygens (including phenoxy) is 2. The van der Waals surface area contributed by atoms with Gasteiger partial charge in [-0.25, -0.2) is 0 Å². The van der Waals surface area contributed by atoms with E-state index in [9.17, 15) is 0 Å². The van der Waals surface area contributed by atoms with Gasteiger partial charge < -0.3 is 19.7 Å². The number of nitrogens with one attached hydrogen (secondary N) is 1. The summed E-state index contributed by atoms with van der Waals surface area (Å²) in [6.45, 7) is 6.99. The summed E-state index contributed by atoms with van der Waals surface area (Å²) >= 11 is 0. The number of hydrogen-bond donors (Lipinski definition) is 1. The monoisotopic (exact) mass is 244 g/mol. The van der Waals surface area contributed by atoms with Gasteiger partial charge in [-0.1, -0.05) is 0 Å². The summed E-state index contributed by atoms with van der Waals surface area (Å²) < 4.78 is 10.4. The first-order chi connectivity index (χ1) is 8.33. The van der Waals surface area contributed by atoms with Crippen molar-refractivity contribution in [2.45, 2.75) is 19.3 Å². The molecule has 4 nitrogen and oxygen atoms in total. The first-order valence-electron chi connectivity index (χ1n) is 6.79. The average molecular weight is 244 g/mol. The van der Waals surface area contributed by atoms with Gasteiger partial charge >= 0.3 is 0 Å². The molecule has 1 unspecified atom stereocenters. The molecule has 0 spiro atoms. The minimum absolute atomic E-state index is 0.698. The molecule has 0 aromatic heterocycles. The molecule has 1 N–H and O–H groups in total. The van der Waals surface area contributed by atoms with E-state index in [1.807, 2.05) is 0 Å². The number of hydrogen-bond acceptors (Lipinski definition) is 4. The quantitative estimate of drug-likeness (QED) is 0.613. The largest absolute Gasteiger partial charge is 0.382 e. The topological polar surface area (TPSA) is 33.7 Å². The Hall–Kier alpha value is -0.160. The molecule has 1 fully saturated rings. The van der Waals surface area contributed by atoms with Crippen LogP contribution in [-0.4, -0.2) is 65.1 Å². The lowest BCUT2D eigenvalue weighted by Gasteiger charge is -2.27. The molecule has 0 bridgehead atoms. The van der Waals surface area contributed by atoms with E-state index in [0.29, 0.717) is 13.2 Å². The van der Waals surface area contributed by atoms with E-state index in [1.54, 1.807) is 7.11 Å². The Balaban J connectivity index is 1.91. The maximum Gasteiger partial charge on any atom is 0.0700 e. The summed E-state index contributed by atoms with van der Waals surface area (Å²) in [6.07, 6.45) is 3.82. The van der Waals surface area contributed by atoms with Gasteiger partial charge in [-0.3, -0.25) is 0 Å². The highest BCUT2D eigenvalue weighted by Crippen LogP contribution is 2.10. The number of piperidine rings is 1. The minimum atomic E-state index is 0.698. The SMILES string of the molecule is COCCOCCCN(C)CC1CCCNC1. The fourth-order valence-electron chi connectivity index (χ4n) is 2.29. The molecule has 0 aliphatic carbocycles. The van der Waals surface area contributed by atoms with Crippen molar-refractivity contribution in [1.29, 1.82) is 0 Å². The van der Waals surface area contributed by atoms with Crippen LogP contribution >= 0.6 is 0 Å². The van der Waals surface area contributed by atoms with E-state index < -0.39 is 0 Å². The second-order valence-electron chi connectivity index (χ2n) is 4.93. The van der Waals surface area contributed by atoms with Crippen LogP contribution in [0, 0.1) is 5.92 Å². The highest BCUT2D eigenvalue weighted by atomic mass is 16.5. The van der Waals surface area contributed by atoms with Crippen LogP contribution in [0.1, 0.15) is 19.3 Å². The second kappa shape index (κ2) is 9.83. The Morgan fingerprint density at radius 2 is 2.18 bits per heavy atom. The third-order valence-electron chi connectivity index (χ3n) is 3.23. The van der Waals surface area contributed by atoms with Crippen molar-refractivity contribution in [2.75, 3.05) is 60.2 Å². The Morgan fingerprint density at radius 1 is 1.29 bits per heavy atom. The summed E-state index contributed by atoms with van der Waals surface area (Å²) in [7, 11) is 3.92. The maximum absolute atomic E-state index is 5.45. The molecule has 4 heteroatoms. The molecule has 0 saturated carbocycles. The zero-order valence-corrected chi connectivity index (χ0v) is 11.4. The van der Waals surface area contributed by atoms with Crippen LogP contribution in [0.3, 0.4) is 0 Å². The van der Waals surface area contributed by atoms with E-state index in [0.717, 1.165) is 25.5 Å². The Bertz CT molecular complexity index is 173. The molecular formula is C13H28N2O2. The van der Waals surface area contributed by atoms with Crippen LogP contribution in [0.5, 0.6) is 0 Å². The zero-order valence-electron chi connectivity index (χ0n) is 11.4. The molecule has 1 rings (SSSR count). The number of nitrogens with zero attached hydrogens (tertiary/aromatic N) is 1. The molecule has 102 valence electrons. The van der Waals surface area contributed by atoms with Gasteiger partial charge in [-0.2, -0.15) is 0 Å². The molecule has 1 aliphatic rings. The smallest absolute Gasteiger partial charge is 0.0700 e. The Morgan fingerprint density at radius 3 is 2.88 bits per heavy atom. The van der Waals surface area contributed by atoms with Crippen LogP contribution in [0.4, 0.5) is 0 Å². The molecular weight excluding hydrogens is 216 g/mol. The third-order valence-corrected chi connectivity index (χ3v) is 3.23. The molecule has 0 aromatic rings. The third kappa shape index (κ3) is 7.71. The van der Waals surface area contributed by atoms with Gasteiger partial charge in [0.15, 0.2) is 0 Å². The molecule has 1 heterocycles. The lowest BCUT2D eigenvalue weighted by atomic mass is 9.99. The lowest BCUT2D eigenvalue weighted by molar-refractivity contribution is 0.0655. The van der Waals surface area contributed by atoms with Gasteiger partial charge in [0, 0.05) is 26.8 Å². The Labute approximate surface area is 106 Å². The fourth-order valence-corrected chi connectivity index (χ4v) is 2.29. The van der Waals surface area contributed by atoms with Gasteiger partial charge in [-0.15, -0.1) is 0 Å². The van der Waals surface area contributed by atoms with Crippen molar-refractivity contribution < 1.29 is 9.47 Å². The first-order valence-corrected chi connectivity index (χ1v) is 6.79. The lowest BCUT2D eigenvalue weighted by Crippen LogP contribution is -2.37. The van der Waals surface area contributed by atoms with E-state index in [-0.39, 0.29) is 0 Å². The van der Waals surface area contributed by atoms with Crippen molar-refractivity contribution in [3.8, 4) is 0 Å². The maximum atomic E-state index is 5.45. The normalized spacial score (nSPS) is 21.0. The van der Waals surface area contributed by atoms with E-state index in [2.05, 4.69) is 17.3 Å². The average Bonchev–Trinajstić information content (AvgIpc) is 2.35. The fraction of sp³-hybridized carbons (Fsp3) is 1.00. The highest BCUT2D eigenvalue weighted by Gasteiger charge is 2.14. The van der Waals surface area contributed by atoms with Crippen LogP contribution in [0.25, 0.3) is 0 Å². The highest BCUT2D eigenvalue weighted by molar-refractivity contribution is 4.71. The standard InChI is InChI=1S/C13H28N2O2/c1-15(7-4-8-17-10-9-16-2)12-13-5-3-6-14-11-13/h13-14H,3-12H2,1-2H3. The van der Waals surface area contributed by atoms with E-state index >= 15 is 0 Å². The summed E-state index contributed by atoms with van der Waals surface area (Å²) in [4.78, 5) is 2.43. The van der Waals surface area contributed by atoms with Gasteiger partial charge in [0.05, 0.1) is 13.2 Å². The number of rotatable bonds is 9. The van der Waals surface area contributed by atoms with Crippen molar-refractivity contribution in [3.05, 3.63) is 0 Å². The zero-order chi connectivity index (χ0) is 12.3. The van der Waals surface area contributed by atoms with E-state index in [4.69, 9.17) is 9.47 Å². The summed E-state index contributed by atoms with van der Waals surface area (Å²) in [5, 5.41) is 3.47. The van der Waals surface area contributed by atoms with Crippen LogP contribution in [0.15, 0.2) is 0 Å². The minimum Gasteiger partial charge on any atom is -0.382 e. The van der Waals surface area contributed by atoms with Crippen LogP contribution < -0.4 is 5.32 Å². The van der Waals surface area contributed by atoms with E-state index in [1.165, 1.54) is 32.5 Å². The van der Waals surface area contributed by atoms with Gasteiger partial charge in [0.1, 0.15) is 0 Å². The van der Waals surface area contributed by atoms with Gasteiger partial charge in [0.25, 0.3) is 0 Å². The van der Waals surface area contributed by atoms with Crippen molar-refractivity contribution in [1.82, 2.24) is 10.2 Å². The van der Waals surface area contributed by atoms with Gasteiger partial charge in [-0.05, 0) is 45.3 Å². The summed E-state index contributed by atoms with van der Waals surface area (Å²) in [5.74, 6) is 0.836. The molecule has 1 saturated heterocycles. The molecule has 17 heavy (non-hydrogen) atoms. The molecule has 0 aromatic carbocycles. The Kier molecular flexibility index (Phi) is 8.61. The predicted octanol–water partition coefficient (Wildman–Crippen LogP) is 0.971. The molecule has 1 aliphatic heterocycles. The number of methoxy groups -OCH3 is 1. The second-order valence-corrected chi connectivity index (χ2v) is 4.93. The van der Waals surface area contributed by atoms with Crippen molar-refractivity contribution >= 4 is 0 Å².